The predicted octanol–water partition coefficient (Wildman–Crippen LogP) is 5.59. The molecule has 184 valence electrons. The smallest absolute Gasteiger partial charge is 0.268 e. The molecule has 0 bridgehead atoms. The van der Waals surface area contributed by atoms with Crippen molar-refractivity contribution in [3.63, 3.8) is 0 Å². The number of nitrogens with one attached hydrogen (secondary N) is 2. The minimum absolute atomic E-state index is 0.0396. The number of nitrogens with zero attached hydrogens (tertiary/aromatic N) is 2. The van der Waals surface area contributed by atoms with Gasteiger partial charge in [0, 0.05) is 48.5 Å². The number of benzene rings is 3. The van der Waals surface area contributed by atoms with Gasteiger partial charge in [-0.3, -0.25) is 14.6 Å². The van der Waals surface area contributed by atoms with E-state index < -0.39 is 0 Å². The summed E-state index contributed by atoms with van der Waals surface area (Å²) in [6, 6.07) is 31.5. The Labute approximate surface area is 216 Å². The molecule has 0 saturated heterocycles. The molecule has 2 heterocycles. The van der Waals surface area contributed by atoms with Crippen molar-refractivity contribution >= 4 is 28.4 Å². The zero-order chi connectivity index (χ0) is 25.5. The van der Waals surface area contributed by atoms with Gasteiger partial charge in [-0.15, -0.1) is 0 Å². The second-order valence-corrected chi connectivity index (χ2v) is 8.95. The normalized spacial score (nSPS) is 10.8. The molecule has 0 saturated carbocycles. The third kappa shape index (κ3) is 6.11. The number of anilines is 1. The van der Waals surface area contributed by atoms with E-state index in [-0.39, 0.29) is 11.8 Å². The van der Waals surface area contributed by atoms with Crippen LogP contribution in [0.2, 0.25) is 0 Å². The summed E-state index contributed by atoms with van der Waals surface area (Å²) in [7, 11) is 0. The molecule has 0 atom stereocenters. The fourth-order valence-electron chi connectivity index (χ4n) is 4.37. The second kappa shape index (κ2) is 11.4. The average Bonchev–Trinajstić information content (AvgIpc) is 3.29. The fourth-order valence-corrected chi connectivity index (χ4v) is 4.37. The molecule has 2 aromatic heterocycles. The van der Waals surface area contributed by atoms with Gasteiger partial charge >= 0.3 is 0 Å². The third-order valence-electron chi connectivity index (χ3n) is 6.29. The summed E-state index contributed by atoms with van der Waals surface area (Å²) in [6.45, 7) is 0.974. The number of fused-ring (bicyclic) bond motifs is 1. The summed E-state index contributed by atoms with van der Waals surface area (Å²) < 4.78 is 2.02. The minimum Gasteiger partial charge on any atom is -0.347 e. The molecular formula is C31H28N4O2. The molecule has 0 aliphatic heterocycles. The molecule has 5 rings (SSSR count). The highest BCUT2D eigenvalue weighted by molar-refractivity contribution is 6.00. The highest BCUT2D eigenvalue weighted by Gasteiger charge is 2.17. The van der Waals surface area contributed by atoms with Crippen LogP contribution in [0.4, 0.5) is 5.69 Å². The molecule has 0 aliphatic carbocycles. The van der Waals surface area contributed by atoms with Crippen molar-refractivity contribution in [1.29, 1.82) is 0 Å². The van der Waals surface area contributed by atoms with Gasteiger partial charge in [0.25, 0.3) is 5.91 Å². The molecule has 2 amide bonds. The third-order valence-corrected chi connectivity index (χ3v) is 6.29. The number of carbonyl (C=O) groups excluding carboxylic acids is 2. The van der Waals surface area contributed by atoms with Crippen LogP contribution in [0.3, 0.4) is 0 Å². The zero-order valence-electron chi connectivity index (χ0n) is 20.4. The molecule has 0 aliphatic rings. The van der Waals surface area contributed by atoms with Crippen LogP contribution in [0.15, 0.2) is 109 Å². The Hall–Kier alpha value is -4.71. The van der Waals surface area contributed by atoms with E-state index in [1.54, 1.807) is 12.4 Å². The Bertz CT molecular complexity index is 1500. The van der Waals surface area contributed by atoms with Crippen LogP contribution >= 0.6 is 0 Å². The molecule has 0 fully saturated rings. The standard InChI is InChI=1S/C31H28N4O2/c36-30(14-11-23-7-3-1-4-8-23)34-27-12-13-28-26(19-27)20-29(35(28)22-25-9-5-2-6-10-25)31(37)33-21-24-15-17-32-18-16-24/h1-10,12-13,15-20H,11,14,21-22H2,(H,33,37)(H,34,36). The molecular weight excluding hydrogens is 460 g/mol. The lowest BCUT2D eigenvalue weighted by molar-refractivity contribution is -0.116. The largest absolute Gasteiger partial charge is 0.347 e. The molecule has 6 nitrogen and oxygen atoms in total. The second-order valence-electron chi connectivity index (χ2n) is 8.95. The number of hydrogen-bond donors (Lipinski definition) is 2. The molecule has 0 radical (unpaired) electrons. The Balaban J connectivity index is 1.37. The van der Waals surface area contributed by atoms with Crippen molar-refractivity contribution in [2.45, 2.75) is 25.9 Å². The maximum atomic E-state index is 13.3. The molecule has 2 N–H and O–H groups in total. The summed E-state index contributed by atoms with van der Waals surface area (Å²) in [5.41, 5.74) is 5.43. The maximum absolute atomic E-state index is 13.3. The van der Waals surface area contributed by atoms with Crippen LogP contribution in [0.1, 0.15) is 33.6 Å². The number of pyridine rings is 1. The molecule has 5 aromatic rings. The molecule has 37 heavy (non-hydrogen) atoms. The Morgan fingerprint density at radius 2 is 1.46 bits per heavy atom. The lowest BCUT2D eigenvalue weighted by Crippen LogP contribution is -2.25. The summed E-state index contributed by atoms with van der Waals surface area (Å²) in [5, 5.41) is 6.92. The molecule has 6 heteroatoms. The summed E-state index contributed by atoms with van der Waals surface area (Å²) in [5.74, 6) is -0.195. The van der Waals surface area contributed by atoms with Gasteiger partial charge in [-0.05, 0) is 59.5 Å². The van der Waals surface area contributed by atoms with Gasteiger partial charge < -0.3 is 15.2 Å². The quantitative estimate of drug-likeness (QED) is 0.284. The van der Waals surface area contributed by atoms with Gasteiger partial charge in [0.2, 0.25) is 5.91 Å². The van der Waals surface area contributed by atoms with Crippen molar-refractivity contribution in [2.24, 2.45) is 0 Å². The maximum Gasteiger partial charge on any atom is 0.268 e. The minimum atomic E-state index is -0.155. The fraction of sp³-hybridized carbons (Fsp3) is 0.129. The van der Waals surface area contributed by atoms with Gasteiger partial charge in [0.15, 0.2) is 0 Å². The van der Waals surface area contributed by atoms with Crippen LogP contribution in [0, 0.1) is 0 Å². The zero-order valence-corrected chi connectivity index (χ0v) is 20.4. The lowest BCUT2D eigenvalue weighted by Gasteiger charge is -2.12. The van der Waals surface area contributed by atoms with E-state index in [0.717, 1.165) is 27.6 Å². The first kappa shape index (κ1) is 24.0. The van der Waals surface area contributed by atoms with E-state index in [2.05, 4.69) is 15.6 Å². The van der Waals surface area contributed by atoms with Crippen LogP contribution in [-0.2, 0) is 24.3 Å². The van der Waals surface area contributed by atoms with Crippen LogP contribution in [0.25, 0.3) is 10.9 Å². The van der Waals surface area contributed by atoms with Gasteiger partial charge in [-0.2, -0.15) is 0 Å². The van der Waals surface area contributed by atoms with E-state index >= 15 is 0 Å². The summed E-state index contributed by atoms with van der Waals surface area (Å²) in [6.07, 6.45) is 4.51. The van der Waals surface area contributed by atoms with Crippen molar-refractivity contribution in [3.05, 3.63) is 132 Å². The number of aromatic nitrogens is 2. The summed E-state index contributed by atoms with van der Waals surface area (Å²) in [4.78, 5) is 29.9. The van der Waals surface area contributed by atoms with Crippen LogP contribution in [0.5, 0.6) is 0 Å². The number of amides is 2. The number of rotatable bonds is 9. The Morgan fingerprint density at radius 1 is 0.757 bits per heavy atom. The highest BCUT2D eigenvalue weighted by atomic mass is 16.2. The molecule has 0 spiro atoms. The van der Waals surface area contributed by atoms with E-state index in [4.69, 9.17) is 0 Å². The van der Waals surface area contributed by atoms with Crippen LogP contribution < -0.4 is 10.6 Å². The SMILES string of the molecule is O=C(CCc1ccccc1)Nc1ccc2c(c1)cc(C(=O)NCc1ccncc1)n2Cc1ccccc1. The first-order valence-corrected chi connectivity index (χ1v) is 12.3. The van der Waals surface area contributed by atoms with E-state index in [9.17, 15) is 9.59 Å². The van der Waals surface area contributed by atoms with Crippen molar-refractivity contribution in [1.82, 2.24) is 14.9 Å². The van der Waals surface area contributed by atoms with E-state index in [1.807, 2.05) is 102 Å². The first-order valence-electron chi connectivity index (χ1n) is 12.3. The number of aryl methyl sites for hydroxylation is 1. The van der Waals surface area contributed by atoms with Crippen molar-refractivity contribution < 1.29 is 9.59 Å². The molecule has 3 aromatic carbocycles. The van der Waals surface area contributed by atoms with Gasteiger partial charge in [0.05, 0.1) is 0 Å². The monoisotopic (exact) mass is 488 g/mol. The number of hydrogen-bond acceptors (Lipinski definition) is 3. The van der Waals surface area contributed by atoms with Gasteiger partial charge in [-0.25, -0.2) is 0 Å². The predicted molar refractivity (Wildman–Crippen MR) is 146 cm³/mol. The Kier molecular flexibility index (Phi) is 7.36. The number of carbonyl (C=O) groups is 2. The van der Waals surface area contributed by atoms with Crippen molar-refractivity contribution in [2.75, 3.05) is 5.32 Å². The Morgan fingerprint density at radius 3 is 2.19 bits per heavy atom. The van der Waals surface area contributed by atoms with Crippen molar-refractivity contribution in [3.8, 4) is 0 Å². The molecule has 0 unspecified atom stereocenters. The first-order chi connectivity index (χ1) is 18.2. The van der Waals surface area contributed by atoms with Gasteiger partial charge in [-0.1, -0.05) is 60.7 Å². The average molecular weight is 489 g/mol. The van der Waals surface area contributed by atoms with Gasteiger partial charge in [0.1, 0.15) is 5.69 Å². The van der Waals surface area contributed by atoms with E-state index in [1.165, 1.54) is 0 Å². The summed E-state index contributed by atoms with van der Waals surface area (Å²) >= 11 is 0. The highest BCUT2D eigenvalue weighted by Crippen LogP contribution is 2.25. The topological polar surface area (TPSA) is 76.0 Å². The lowest BCUT2D eigenvalue weighted by atomic mass is 10.1. The van der Waals surface area contributed by atoms with Crippen LogP contribution in [-0.4, -0.2) is 21.4 Å². The van der Waals surface area contributed by atoms with E-state index in [0.29, 0.717) is 37.3 Å².